The maximum absolute atomic E-state index is 12.4. The molecule has 0 aliphatic rings. The van der Waals surface area contributed by atoms with Gasteiger partial charge in [0, 0.05) is 13.6 Å². The molecule has 7 nitrogen and oxygen atoms in total. The van der Waals surface area contributed by atoms with E-state index in [4.69, 9.17) is 11.6 Å². The molecule has 1 N–H and O–H groups in total. The molecule has 0 spiro atoms. The number of benzene rings is 1. The zero-order chi connectivity index (χ0) is 19.1. The van der Waals surface area contributed by atoms with Gasteiger partial charge in [0.05, 0.1) is 23.4 Å². The lowest BCUT2D eigenvalue weighted by Gasteiger charge is -2.16. The van der Waals surface area contributed by atoms with Gasteiger partial charge < -0.3 is 15.0 Å². The number of carbonyl (C=O) groups excluding carboxylic acids is 2. The molecule has 1 aromatic carbocycles. The Kier molecular flexibility index (Phi) is 6.91. The smallest absolute Gasteiger partial charge is 0.337 e. The molecule has 0 aliphatic carbocycles. The Morgan fingerprint density at radius 1 is 1.23 bits per heavy atom. The van der Waals surface area contributed by atoms with Crippen LogP contribution < -0.4 is 10.2 Å². The van der Waals surface area contributed by atoms with Crippen LogP contribution in [-0.2, 0) is 4.74 Å². The first-order chi connectivity index (χ1) is 12.5. The molecule has 1 heterocycles. The van der Waals surface area contributed by atoms with Crippen molar-refractivity contribution in [3.63, 3.8) is 0 Å². The Balaban J connectivity index is 2.11. The minimum Gasteiger partial charge on any atom is -0.465 e. The van der Waals surface area contributed by atoms with Crippen LogP contribution in [0.3, 0.4) is 0 Å². The van der Waals surface area contributed by atoms with Crippen LogP contribution in [0.15, 0.2) is 30.3 Å². The average Bonchev–Trinajstić information content (AvgIpc) is 2.67. The second-order valence-corrected chi connectivity index (χ2v) is 6.10. The summed E-state index contributed by atoms with van der Waals surface area (Å²) in [5.41, 5.74) is 0.730. The van der Waals surface area contributed by atoms with E-state index in [-0.39, 0.29) is 11.3 Å². The number of aromatic nitrogens is 2. The van der Waals surface area contributed by atoms with Gasteiger partial charge in [0.25, 0.3) is 5.91 Å². The van der Waals surface area contributed by atoms with Crippen molar-refractivity contribution < 1.29 is 14.3 Å². The van der Waals surface area contributed by atoms with Gasteiger partial charge in [0.1, 0.15) is 0 Å². The summed E-state index contributed by atoms with van der Waals surface area (Å²) in [6.07, 6.45) is 2.14. The van der Waals surface area contributed by atoms with E-state index >= 15 is 0 Å². The molecular formula is C18H21ClN4O3. The highest BCUT2D eigenvalue weighted by Crippen LogP contribution is 2.24. The van der Waals surface area contributed by atoms with E-state index in [1.165, 1.54) is 25.3 Å². The summed E-state index contributed by atoms with van der Waals surface area (Å²) in [6, 6.07) is 7.82. The van der Waals surface area contributed by atoms with Crippen molar-refractivity contribution in [1.82, 2.24) is 10.2 Å². The van der Waals surface area contributed by atoms with Gasteiger partial charge in [-0.1, -0.05) is 24.9 Å². The van der Waals surface area contributed by atoms with Crippen LogP contribution in [0.25, 0.3) is 0 Å². The molecule has 2 aromatic rings. The minimum absolute atomic E-state index is 0.150. The number of methoxy groups -OCH3 is 1. The van der Waals surface area contributed by atoms with Gasteiger partial charge in [0.2, 0.25) is 0 Å². The maximum Gasteiger partial charge on any atom is 0.337 e. The number of esters is 1. The highest BCUT2D eigenvalue weighted by molar-refractivity contribution is 6.34. The van der Waals surface area contributed by atoms with E-state index in [1.54, 1.807) is 12.1 Å². The highest BCUT2D eigenvalue weighted by atomic mass is 35.5. The third kappa shape index (κ3) is 4.92. The lowest BCUT2D eigenvalue weighted by Crippen LogP contribution is -2.21. The number of carbonyl (C=O) groups is 2. The van der Waals surface area contributed by atoms with Gasteiger partial charge in [-0.25, -0.2) is 4.79 Å². The Morgan fingerprint density at radius 2 is 2.00 bits per heavy atom. The third-order valence-corrected chi connectivity index (χ3v) is 4.09. The number of rotatable bonds is 7. The van der Waals surface area contributed by atoms with Gasteiger partial charge in [-0.3, -0.25) is 4.79 Å². The van der Waals surface area contributed by atoms with Gasteiger partial charge in [-0.15, -0.1) is 10.2 Å². The van der Waals surface area contributed by atoms with Crippen LogP contribution in [0.4, 0.5) is 11.5 Å². The summed E-state index contributed by atoms with van der Waals surface area (Å²) < 4.78 is 4.66. The maximum atomic E-state index is 12.4. The van der Waals surface area contributed by atoms with Gasteiger partial charge in [0.15, 0.2) is 11.5 Å². The number of nitrogens with zero attached hydrogens (tertiary/aromatic N) is 3. The van der Waals surface area contributed by atoms with E-state index in [0.29, 0.717) is 16.5 Å². The summed E-state index contributed by atoms with van der Waals surface area (Å²) in [5, 5.41) is 11.0. The predicted molar refractivity (Wildman–Crippen MR) is 101 cm³/mol. The molecule has 0 radical (unpaired) electrons. The van der Waals surface area contributed by atoms with Crippen molar-refractivity contribution in [3.8, 4) is 0 Å². The molecule has 0 fully saturated rings. The molecule has 0 bridgehead atoms. The lowest BCUT2D eigenvalue weighted by atomic mass is 10.2. The van der Waals surface area contributed by atoms with Crippen molar-refractivity contribution in [2.24, 2.45) is 0 Å². The zero-order valence-corrected chi connectivity index (χ0v) is 15.7. The Hall–Kier alpha value is -2.67. The number of anilines is 2. The molecule has 0 aliphatic heterocycles. The molecule has 2 rings (SSSR count). The van der Waals surface area contributed by atoms with Crippen LogP contribution in [0.1, 0.15) is 40.6 Å². The second kappa shape index (κ2) is 9.15. The van der Waals surface area contributed by atoms with Crippen LogP contribution in [-0.4, -0.2) is 42.8 Å². The average molecular weight is 377 g/mol. The third-order valence-electron chi connectivity index (χ3n) is 3.76. The zero-order valence-electron chi connectivity index (χ0n) is 15.0. The fraction of sp³-hybridized carbons (Fsp3) is 0.333. The summed E-state index contributed by atoms with van der Waals surface area (Å²) in [4.78, 5) is 26.0. The van der Waals surface area contributed by atoms with Crippen molar-refractivity contribution in [3.05, 3.63) is 46.6 Å². The van der Waals surface area contributed by atoms with E-state index in [9.17, 15) is 9.59 Å². The molecule has 1 amide bonds. The van der Waals surface area contributed by atoms with Crippen molar-refractivity contribution in [2.75, 3.05) is 30.9 Å². The molecule has 0 unspecified atom stereocenters. The molecule has 0 atom stereocenters. The summed E-state index contributed by atoms with van der Waals surface area (Å²) >= 11 is 6.08. The number of nitrogens with one attached hydrogen (secondary N) is 1. The minimum atomic E-state index is -0.517. The normalized spacial score (nSPS) is 10.3. The number of amides is 1. The Labute approximate surface area is 157 Å². The quantitative estimate of drug-likeness (QED) is 0.745. The van der Waals surface area contributed by atoms with E-state index < -0.39 is 11.9 Å². The van der Waals surface area contributed by atoms with Crippen molar-refractivity contribution in [1.29, 1.82) is 0 Å². The van der Waals surface area contributed by atoms with Crippen LogP contribution in [0.2, 0.25) is 5.02 Å². The molecule has 0 saturated heterocycles. The van der Waals surface area contributed by atoms with Crippen molar-refractivity contribution >= 4 is 35.0 Å². The second-order valence-electron chi connectivity index (χ2n) is 5.69. The predicted octanol–water partition coefficient (Wildman–Crippen LogP) is 3.41. The summed E-state index contributed by atoms with van der Waals surface area (Å²) in [5.74, 6) is -0.290. The van der Waals surface area contributed by atoms with Crippen LogP contribution >= 0.6 is 11.6 Å². The van der Waals surface area contributed by atoms with E-state index in [1.807, 2.05) is 11.9 Å². The fourth-order valence-electron chi connectivity index (χ4n) is 2.21. The number of ether oxygens (including phenoxy) is 1. The lowest BCUT2D eigenvalue weighted by molar-refractivity contribution is 0.0600. The number of hydrogen-bond acceptors (Lipinski definition) is 6. The largest absolute Gasteiger partial charge is 0.465 e. The van der Waals surface area contributed by atoms with Gasteiger partial charge in [-0.05, 0) is 36.8 Å². The number of halogens is 1. The van der Waals surface area contributed by atoms with Crippen LogP contribution in [0.5, 0.6) is 0 Å². The molecule has 0 saturated carbocycles. The Morgan fingerprint density at radius 3 is 2.62 bits per heavy atom. The summed E-state index contributed by atoms with van der Waals surface area (Å²) in [7, 11) is 3.21. The van der Waals surface area contributed by atoms with Crippen LogP contribution in [0, 0.1) is 0 Å². The molecule has 8 heteroatoms. The topological polar surface area (TPSA) is 84.4 Å². The Bertz CT molecular complexity index is 781. The first-order valence-corrected chi connectivity index (χ1v) is 8.58. The first-order valence-electron chi connectivity index (χ1n) is 8.20. The van der Waals surface area contributed by atoms with Gasteiger partial charge >= 0.3 is 5.97 Å². The first kappa shape index (κ1) is 19.7. The molecule has 138 valence electrons. The monoisotopic (exact) mass is 376 g/mol. The number of unbranched alkanes of at least 4 members (excludes halogenated alkanes) is 1. The van der Waals surface area contributed by atoms with Gasteiger partial charge in [-0.2, -0.15) is 0 Å². The number of hydrogen-bond donors (Lipinski definition) is 1. The molecule has 1 aromatic heterocycles. The highest BCUT2D eigenvalue weighted by Gasteiger charge is 2.14. The molecule has 26 heavy (non-hydrogen) atoms. The van der Waals surface area contributed by atoms with E-state index in [2.05, 4.69) is 27.2 Å². The standard InChI is InChI=1S/C18H21ClN4O3/c1-4-5-10-23(2)16-9-8-14(21-22-16)17(24)20-15-11-12(18(25)26-3)6-7-13(15)19/h6-9,11H,4-5,10H2,1-3H3,(H,20,24). The SMILES string of the molecule is CCCCN(C)c1ccc(C(=O)Nc2cc(C(=O)OC)ccc2Cl)nn1. The molecular weight excluding hydrogens is 356 g/mol. The van der Waals surface area contributed by atoms with Crippen molar-refractivity contribution in [2.45, 2.75) is 19.8 Å². The summed E-state index contributed by atoms with van der Waals surface area (Å²) in [6.45, 7) is 2.99. The fourth-order valence-corrected chi connectivity index (χ4v) is 2.38. The van der Waals surface area contributed by atoms with E-state index in [0.717, 1.165) is 19.4 Å².